The maximum Gasteiger partial charge on any atom is 0.256 e. The molecule has 0 spiro atoms. The highest BCUT2D eigenvalue weighted by Crippen LogP contribution is 2.32. The Morgan fingerprint density at radius 3 is 2.62 bits per heavy atom. The number of rotatable bonds is 1. The Kier molecular flexibility index (Phi) is 3.24. The lowest BCUT2D eigenvalue weighted by atomic mass is 10.0. The molecule has 0 aliphatic carbocycles. The van der Waals surface area contributed by atoms with Crippen molar-refractivity contribution in [3.05, 3.63) is 28.8 Å². The van der Waals surface area contributed by atoms with Gasteiger partial charge in [0.1, 0.15) is 6.04 Å². The van der Waals surface area contributed by atoms with Gasteiger partial charge in [-0.3, -0.25) is 9.59 Å². The number of amides is 2. The largest absolute Gasteiger partial charge is 0.325 e. The van der Waals surface area contributed by atoms with Crippen LogP contribution in [0.5, 0.6) is 0 Å². The second-order valence-corrected chi connectivity index (χ2v) is 6.25. The Morgan fingerprint density at radius 1 is 1.24 bits per heavy atom. The van der Waals surface area contributed by atoms with Gasteiger partial charge in [0.15, 0.2) is 0 Å². The summed E-state index contributed by atoms with van der Waals surface area (Å²) in [4.78, 5) is 29.1. The number of hydrogen-bond donors (Lipinski definition) is 1. The summed E-state index contributed by atoms with van der Waals surface area (Å²) in [6.07, 6.45) is 0.691. The minimum Gasteiger partial charge on any atom is -0.325 e. The number of aryl methyl sites for hydroxylation is 1. The van der Waals surface area contributed by atoms with Gasteiger partial charge in [-0.05, 0) is 51.6 Å². The Balaban J connectivity index is 2.05. The summed E-state index contributed by atoms with van der Waals surface area (Å²) in [5, 5.41) is 2.97. The van der Waals surface area contributed by atoms with Gasteiger partial charge in [0.25, 0.3) is 5.91 Å². The van der Waals surface area contributed by atoms with Gasteiger partial charge in [-0.25, -0.2) is 0 Å². The lowest BCUT2D eigenvalue weighted by Crippen LogP contribution is -2.40. The molecule has 1 saturated heterocycles. The topological polar surface area (TPSA) is 52.7 Å². The first kappa shape index (κ1) is 14.1. The molecule has 2 amide bonds. The molecule has 3 rings (SSSR count). The van der Waals surface area contributed by atoms with Crippen LogP contribution in [0.3, 0.4) is 0 Å². The number of nitrogens with one attached hydrogen (secondary N) is 1. The van der Waals surface area contributed by atoms with Gasteiger partial charge < -0.3 is 15.1 Å². The molecule has 2 aliphatic rings. The van der Waals surface area contributed by atoms with E-state index < -0.39 is 0 Å². The number of anilines is 1. The number of nitrogens with zero attached hydrogens (tertiary/aromatic N) is 2. The van der Waals surface area contributed by atoms with E-state index in [1.807, 2.05) is 40.1 Å². The molecule has 1 aromatic carbocycles. The summed E-state index contributed by atoms with van der Waals surface area (Å²) >= 11 is 0. The van der Waals surface area contributed by atoms with E-state index in [2.05, 4.69) is 10.2 Å². The summed E-state index contributed by atoms with van der Waals surface area (Å²) in [6.45, 7) is 4.54. The number of benzene rings is 1. The third-order valence-electron chi connectivity index (χ3n) is 4.79. The van der Waals surface area contributed by atoms with Crippen LogP contribution in [-0.2, 0) is 4.79 Å². The predicted octanol–water partition coefficient (Wildman–Crippen LogP) is 1.40. The highest BCUT2D eigenvalue weighted by molar-refractivity contribution is 6.11. The highest BCUT2D eigenvalue weighted by Gasteiger charge is 2.43. The summed E-state index contributed by atoms with van der Waals surface area (Å²) in [7, 11) is 3.97. The molecular formula is C16H21N3O2. The average Bonchev–Trinajstić information content (AvgIpc) is 2.85. The first-order valence-electron chi connectivity index (χ1n) is 7.28. The maximum absolute atomic E-state index is 12.8. The molecule has 2 aliphatic heterocycles. The Bertz CT molecular complexity index is 624. The van der Waals surface area contributed by atoms with Crippen LogP contribution in [-0.4, -0.2) is 54.3 Å². The van der Waals surface area contributed by atoms with E-state index in [1.54, 1.807) is 4.90 Å². The van der Waals surface area contributed by atoms with Crippen molar-refractivity contribution in [3.8, 4) is 0 Å². The van der Waals surface area contributed by atoms with E-state index in [0.717, 1.165) is 11.1 Å². The SMILES string of the molecule is Cc1ccc2c(c1C)NC(=O)[C@@H]1C[C@@H](N(C)C)CN1C2=O. The maximum atomic E-state index is 12.8. The van der Waals surface area contributed by atoms with Gasteiger partial charge in [-0.2, -0.15) is 0 Å². The van der Waals surface area contributed by atoms with Gasteiger partial charge >= 0.3 is 0 Å². The summed E-state index contributed by atoms with van der Waals surface area (Å²) in [6, 6.07) is 3.64. The molecule has 1 aromatic rings. The standard InChI is InChI=1S/C16H21N3O2/c1-9-5-6-12-14(10(9)2)17-15(20)13-7-11(18(3)4)8-19(13)16(12)21/h5-6,11,13H,7-8H2,1-4H3,(H,17,20)/t11-,13+/m1/s1. The van der Waals surface area contributed by atoms with E-state index in [0.29, 0.717) is 24.2 Å². The summed E-state index contributed by atoms with van der Waals surface area (Å²) in [5.41, 5.74) is 3.34. The fourth-order valence-corrected chi connectivity index (χ4v) is 3.18. The second kappa shape index (κ2) is 4.84. The van der Waals surface area contributed by atoms with E-state index in [4.69, 9.17) is 0 Å². The quantitative estimate of drug-likeness (QED) is 0.849. The zero-order valence-corrected chi connectivity index (χ0v) is 12.9. The zero-order chi connectivity index (χ0) is 15.3. The van der Waals surface area contributed by atoms with Crippen LogP contribution in [0.1, 0.15) is 27.9 Å². The van der Waals surface area contributed by atoms with Crippen LogP contribution in [0.15, 0.2) is 12.1 Å². The normalized spacial score (nSPS) is 24.7. The lowest BCUT2D eigenvalue weighted by molar-refractivity contribution is -0.119. The number of carbonyl (C=O) groups excluding carboxylic acids is 2. The van der Waals surface area contributed by atoms with Crippen molar-refractivity contribution < 1.29 is 9.59 Å². The molecule has 112 valence electrons. The van der Waals surface area contributed by atoms with Crippen molar-refractivity contribution in [2.24, 2.45) is 0 Å². The van der Waals surface area contributed by atoms with Gasteiger partial charge in [-0.15, -0.1) is 0 Å². The predicted molar refractivity (Wildman–Crippen MR) is 81.5 cm³/mol. The van der Waals surface area contributed by atoms with Crippen molar-refractivity contribution in [1.29, 1.82) is 0 Å². The Morgan fingerprint density at radius 2 is 1.95 bits per heavy atom. The molecule has 1 fully saturated rings. The minimum absolute atomic E-state index is 0.0409. The van der Waals surface area contributed by atoms with Crippen LogP contribution >= 0.6 is 0 Å². The summed E-state index contributed by atoms with van der Waals surface area (Å²) in [5.74, 6) is -0.110. The van der Waals surface area contributed by atoms with Crippen LogP contribution in [0.4, 0.5) is 5.69 Å². The Labute approximate surface area is 124 Å². The van der Waals surface area contributed by atoms with E-state index >= 15 is 0 Å². The number of fused-ring (bicyclic) bond motifs is 2. The van der Waals surface area contributed by atoms with Gasteiger partial charge in [0.2, 0.25) is 5.91 Å². The van der Waals surface area contributed by atoms with Crippen molar-refractivity contribution in [2.45, 2.75) is 32.4 Å². The molecule has 1 N–H and O–H groups in total. The third-order valence-corrected chi connectivity index (χ3v) is 4.79. The zero-order valence-electron chi connectivity index (χ0n) is 12.9. The van der Waals surface area contributed by atoms with E-state index in [1.165, 1.54) is 0 Å². The molecular weight excluding hydrogens is 266 g/mol. The summed E-state index contributed by atoms with van der Waals surface area (Å²) < 4.78 is 0. The lowest BCUT2D eigenvalue weighted by Gasteiger charge is -2.21. The highest BCUT2D eigenvalue weighted by atomic mass is 16.2. The van der Waals surface area contributed by atoms with Crippen molar-refractivity contribution in [1.82, 2.24) is 9.80 Å². The number of carbonyl (C=O) groups is 2. The van der Waals surface area contributed by atoms with Gasteiger partial charge in [-0.1, -0.05) is 6.07 Å². The molecule has 5 heteroatoms. The molecule has 0 aromatic heterocycles. The average molecular weight is 287 g/mol. The van der Waals surface area contributed by atoms with E-state index in [9.17, 15) is 9.59 Å². The molecule has 5 nitrogen and oxygen atoms in total. The molecule has 2 heterocycles. The van der Waals surface area contributed by atoms with Crippen LogP contribution in [0.25, 0.3) is 0 Å². The first-order valence-corrected chi connectivity index (χ1v) is 7.28. The first-order chi connectivity index (χ1) is 9.90. The van der Waals surface area contributed by atoms with E-state index in [-0.39, 0.29) is 23.9 Å². The minimum atomic E-state index is -0.364. The van der Waals surface area contributed by atoms with Crippen molar-refractivity contribution in [3.63, 3.8) is 0 Å². The van der Waals surface area contributed by atoms with Crippen LogP contribution in [0, 0.1) is 13.8 Å². The number of hydrogen-bond acceptors (Lipinski definition) is 3. The molecule has 0 saturated carbocycles. The second-order valence-electron chi connectivity index (χ2n) is 6.25. The molecule has 0 radical (unpaired) electrons. The smallest absolute Gasteiger partial charge is 0.256 e. The van der Waals surface area contributed by atoms with Crippen molar-refractivity contribution in [2.75, 3.05) is 26.0 Å². The monoisotopic (exact) mass is 287 g/mol. The third kappa shape index (κ3) is 2.12. The van der Waals surface area contributed by atoms with Crippen LogP contribution < -0.4 is 5.32 Å². The Hall–Kier alpha value is -1.88. The fraction of sp³-hybridized carbons (Fsp3) is 0.500. The molecule has 0 bridgehead atoms. The molecule has 21 heavy (non-hydrogen) atoms. The van der Waals surface area contributed by atoms with Crippen LogP contribution in [0.2, 0.25) is 0 Å². The fourth-order valence-electron chi connectivity index (χ4n) is 3.18. The van der Waals surface area contributed by atoms with Gasteiger partial charge in [0.05, 0.1) is 11.3 Å². The van der Waals surface area contributed by atoms with Crippen molar-refractivity contribution >= 4 is 17.5 Å². The molecule has 2 atom stereocenters. The number of likely N-dealkylation sites (N-methyl/N-ethyl adjacent to an activating group) is 1. The molecule has 0 unspecified atom stereocenters. The van der Waals surface area contributed by atoms with Gasteiger partial charge in [0, 0.05) is 12.6 Å².